The molecule has 1 aliphatic carbocycles. The minimum Gasteiger partial charge on any atom is -0.478 e. The molecule has 1 aliphatic rings. The molecule has 2 rings (SSSR count). The van der Waals surface area contributed by atoms with E-state index in [1.807, 2.05) is 0 Å². The Balaban J connectivity index is 2.60. The predicted molar refractivity (Wildman–Crippen MR) is 45.6 cm³/mol. The molecule has 68 valence electrons. The van der Waals surface area contributed by atoms with Crippen molar-refractivity contribution in [1.29, 1.82) is 0 Å². The Morgan fingerprint density at radius 1 is 1.54 bits per heavy atom. The molecule has 0 saturated carbocycles. The highest BCUT2D eigenvalue weighted by molar-refractivity contribution is 5.90. The Morgan fingerprint density at radius 3 is 3.00 bits per heavy atom. The molecule has 1 aromatic rings. The molecule has 1 atom stereocenters. The van der Waals surface area contributed by atoms with Gasteiger partial charge in [0.15, 0.2) is 0 Å². The van der Waals surface area contributed by atoms with Gasteiger partial charge in [0.05, 0.1) is 5.56 Å². The quantitative estimate of drug-likeness (QED) is 0.720. The molecule has 0 saturated heterocycles. The van der Waals surface area contributed by atoms with Gasteiger partial charge in [0.1, 0.15) is 6.17 Å². The van der Waals surface area contributed by atoms with Crippen LogP contribution in [0.3, 0.4) is 0 Å². The fraction of sp³-hybridized carbons (Fsp3) is 0.300. The predicted octanol–water partition coefficient (Wildman–Crippen LogP) is 2.34. The monoisotopic (exact) mass is 180 g/mol. The van der Waals surface area contributed by atoms with Crippen LogP contribution in [-0.4, -0.2) is 11.1 Å². The molecule has 2 nitrogen and oxygen atoms in total. The normalized spacial score (nSPS) is 19.9. The molecule has 1 N–H and O–H groups in total. The van der Waals surface area contributed by atoms with E-state index in [1.54, 1.807) is 12.1 Å². The van der Waals surface area contributed by atoms with Crippen molar-refractivity contribution >= 4 is 5.97 Å². The maximum Gasteiger partial charge on any atom is 0.336 e. The van der Waals surface area contributed by atoms with Gasteiger partial charge in [-0.25, -0.2) is 9.18 Å². The number of carboxylic acid groups (broad SMARTS) is 1. The Bertz CT molecular complexity index is 360. The van der Waals surface area contributed by atoms with Crippen LogP contribution in [-0.2, 0) is 6.42 Å². The minimum absolute atomic E-state index is 0.113. The Labute approximate surface area is 75.0 Å². The highest BCUT2D eigenvalue weighted by Gasteiger charge is 2.26. The molecule has 0 radical (unpaired) electrons. The van der Waals surface area contributed by atoms with Crippen LogP contribution in [0.2, 0.25) is 0 Å². The van der Waals surface area contributed by atoms with Gasteiger partial charge in [-0.2, -0.15) is 0 Å². The SMILES string of the molecule is O=C(O)c1cccc2c1C(F)CC2. The lowest BCUT2D eigenvalue weighted by molar-refractivity contribution is 0.0693. The first-order valence-electron chi connectivity index (χ1n) is 4.19. The van der Waals surface area contributed by atoms with Crippen molar-refractivity contribution in [3.63, 3.8) is 0 Å². The lowest BCUT2D eigenvalue weighted by Gasteiger charge is -2.05. The van der Waals surface area contributed by atoms with Crippen molar-refractivity contribution in [3.05, 3.63) is 34.9 Å². The first-order valence-corrected chi connectivity index (χ1v) is 4.19. The number of halogens is 1. The third-order valence-corrected chi connectivity index (χ3v) is 2.41. The zero-order valence-electron chi connectivity index (χ0n) is 6.96. The van der Waals surface area contributed by atoms with Gasteiger partial charge in [-0.15, -0.1) is 0 Å². The number of hydrogen-bond donors (Lipinski definition) is 1. The summed E-state index contributed by atoms with van der Waals surface area (Å²) >= 11 is 0. The maximum absolute atomic E-state index is 13.3. The van der Waals surface area contributed by atoms with Gasteiger partial charge in [-0.1, -0.05) is 12.1 Å². The molecule has 0 amide bonds. The van der Waals surface area contributed by atoms with E-state index >= 15 is 0 Å². The standard InChI is InChI=1S/C10H9FO2/c11-8-5-4-6-2-1-3-7(9(6)8)10(12)13/h1-3,8H,4-5H2,(H,12,13). The van der Waals surface area contributed by atoms with Crippen molar-refractivity contribution in [1.82, 2.24) is 0 Å². The molecule has 3 heteroatoms. The summed E-state index contributed by atoms with van der Waals surface area (Å²) in [5, 5.41) is 8.80. The second-order valence-electron chi connectivity index (χ2n) is 3.19. The van der Waals surface area contributed by atoms with Gasteiger partial charge in [0.2, 0.25) is 0 Å². The number of fused-ring (bicyclic) bond motifs is 1. The van der Waals surface area contributed by atoms with E-state index in [4.69, 9.17) is 5.11 Å². The number of aromatic carboxylic acids is 1. The molecule has 1 aromatic carbocycles. The topological polar surface area (TPSA) is 37.3 Å². The van der Waals surface area contributed by atoms with Gasteiger partial charge in [-0.05, 0) is 24.5 Å². The Morgan fingerprint density at radius 2 is 2.31 bits per heavy atom. The van der Waals surface area contributed by atoms with E-state index in [0.717, 1.165) is 5.56 Å². The van der Waals surface area contributed by atoms with Gasteiger partial charge in [0, 0.05) is 5.56 Å². The van der Waals surface area contributed by atoms with Crippen molar-refractivity contribution in [3.8, 4) is 0 Å². The first-order chi connectivity index (χ1) is 6.20. The van der Waals surface area contributed by atoms with E-state index in [0.29, 0.717) is 18.4 Å². The van der Waals surface area contributed by atoms with E-state index in [2.05, 4.69) is 0 Å². The lowest BCUT2D eigenvalue weighted by atomic mass is 10.0. The lowest BCUT2D eigenvalue weighted by Crippen LogP contribution is -2.02. The van der Waals surface area contributed by atoms with Crippen LogP contribution in [0.25, 0.3) is 0 Å². The zero-order valence-corrected chi connectivity index (χ0v) is 6.96. The van der Waals surface area contributed by atoms with Gasteiger partial charge >= 0.3 is 5.97 Å². The van der Waals surface area contributed by atoms with Crippen LogP contribution in [0.1, 0.15) is 34.1 Å². The van der Waals surface area contributed by atoms with Gasteiger partial charge < -0.3 is 5.11 Å². The molecular weight excluding hydrogens is 171 g/mol. The number of rotatable bonds is 1. The Hall–Kier alpha value is -1.38. The van der Waals surface area contributed by atoms with Gasteiger partial charge in [-0.3, -0.25) is 0 Å². The van der Waals surface area contributed by atoms with Crippen molar-refractivity contribution in [2.24, 2.45) is 0 Å². The minimum atomic E-state index is -1.10. The maximum atomic E-state index is 13.3. The molecule has 0 aliphatic heterocycles. The summed E-state index contributed by atoms with van der Waals surface area (Å²) in [6.45, 7) is 0. The number of benzene rings is 1. The second-order valence-corrected chi connectivity index (χ2v) is 3.19. The average molecular weight is 180 g/mol. The average Bonchev–Trinajstić information content (AvgIpc) is 2.48. The summed E-state index contributed by atoms with van der Waals surface area (Å²) in [4.78, 5) is 10.7. The Kier molecular flexibility index (Phi) is 1.79. The number of carbonyl (C=O) groups is 1. The highest BCUT2D eigenvalue weighted by atomic mass is 19.1. The summed E-state index contributed by atoms with van der Waals surface area (Å²) < 4.78 is 13.3. The van der Waals surface area contributed by atoms with Crippen LogP contribution >= 0.6 is 0 Å². The molecule has 0 fully saturated rings. The smallest absolute Gasteiger partial charge is 0.336 e. The summed E-state index contributed by atoms with van der Waals surface area (Å²) in [6.07, 6.45) is -0.0284. The van der Waals surface area contributed by atoms with Crippen molar-refractivity contribution in [2.45, 2.75) is 19.0 Å². The van der Waals surface area contributed by atoms with E-state index in [1.165, 1.54) is 6.07 Å². The zero-order chi connectivity index (χ0) is 9.42. The molecule has 1 unspecified atom stereocenters. The summed E-state index contributed by atoms with van der Waals surface area (Å²) in [7, 11) is 0. The third-order valence-electron chi connectivity index (χ3n) is 2.41. The highest BCUT2D eigenvalue weighted by Crippen LogP contribution is 2.36. The largest absolute Gasteiger partial charge is 0.478 e. The van der Waals surface area contributed by atoms with Crippen LogP contribution < -0.4 is 0 Å². The van der Waals surface area contributed by atoms with Crippen LogP contribution in [0.15, 0.2) is 18.2 Å². The molecule has 0 aromatic heterocycles. The fourth-order valence-corrected chi connectivity index (χ4v) is 1.81. The van der Waals surface area contributed by atoms with E-state index < -0.39 is 12.1 Å². The number of alkyl halides is 1. The van der Waals surface area contributed by atoms with Gasteiger partial charge in [0.25, 0.3) is 0 Å². The third kappa shape index (κ3) is 1.20. The fourth-order valence-electron chi connectivity index (χ4n) is 1.81. The van der Waals surface area contributed by atoms with Crippen LogP contribution in [0.5, 0.6) is 0 Å². The summed E-state index contributed by atoms with van der Waals surface area (Å²) in [5.74, 6) is -1.04. The molecule has 0 spiro atoms. The summed E-state index contributed by atoms with van der Waals surface area (Å²) in [5.41, 5.74) is 1.34. The molecule has 0 heterocycles. The second kappa shape index (κ2) is 2.83. The van der Waals surface area contributed by atoms with E-state index in [9.17, 15) is 9.18 Å². The molecular formula is C10H9FO2. The number of hydrogen-bond acceptors (Lipinski definition) is 1. The number of carboxylic acids is 1. The number of aryl methyl sites for hydroxylation is 1. The van der Waals surface area contributed by atoms with E-state index in [-0.39, 0.29) is 5.56 Å². The molecule has 13 heavy (non-hydrogen) atoms. The van der Waals surface area contributed by atoms with Crippen molar-refractivity contribution in [2.75, 3.05) is 0 Å². The molecule has 0 bridgehead atoms. The van der Waals surface area contributed by atoms with Crippen LogP contribution in [0, 0.1) is 0 Å². The van der Waals surface area contributed by atoms with Crippen molar-refractivity contribution < 1.29 is 14.3 Å². The van der Waals surface area contributed by atoms with Crippen LogP contribution in [0.4, 0.5) is 4.39 Å². The first kappa shape index (κ1) is 8.23. The summed E-state index contributed by atoms with van der Waals surface area (Å²) in [6, 6.07) is 4.92.